The first-order valence-electron chi connectivity index (χ1n) is 8.30. The number of hydrogen-bond acceptors (Lipinski definition) is 7. The number of nitrogens with zero attached hydrogens (tertiary/aromatic N) is 1. The third-order valence-corrected chi connectivity index (χ3v) is 3.30. The van der Waals surface area contributed by atoms with Crippen molar-refractivity contribution in [2.75, 3.05) is 52.7 Å². The molecular formula is C16H34N2O5. The predicted octanol–water partition coefficient (Wildman–Crippen LogP) is -0.350. The van der Waals surface area contributed by atoms with E-state index in [1.807, 2.05) is 0 Å². The monoisotopic (exact) mass is 334 g/mol. The summed E-state index contributed by atoms with van der Waals surface area (Å²) in [5.41, 5.74) is 0. The van der Waals surface area contributed by atoms with Gasteiger partial charge in [0.15, 0.2) is 5.78 Å². The Bertz CT molecular complexity index is 290. The van der Waals surface area contributed by atoms with Gasteiger partial charge in [-0.25, -0.2) is 0 Å². The molecule has 0 radical (unpaired) electrons. The van der Waals surface area contributed by atoms with E-state index >= 15 is 0 Å². The SMILES string of the molecule is CC(C)N(CCO)C1COC1.CC(C)NCCO.O=C1COC1. The first kappa shape index (κ1) is 22.4. The normalized spacial score (nSPS) is 17.2. The van der Waals surface area contributed by atoms with E-state index in [1.54, 1.807) is 0 Å². The van der Waals surface area contributed by atoms with Gasteiger partial charge in [-0.3, -0.25) is 9.69 Å². The molecule has 7 nitrogen and oxygen atoms in total. The number of rotatable bonds is 7. The summed E-state index contributed by atoms with van der Waals surface area (Å²) in [4.78, 5) is 12.1. The Morgan fingerprint density at radius 2 is 1.70 bits per heavy atom. The van der Waals surface area contributed by atoms with Crippen molar-refractivity contribution < 1.29 is 24.5 Å². The van der Waals surface area contributed by atoms with Gasteiger partial charge in [-0.15, -0.1) is 0 Å². The molecule has 2 saturated heterocycles. The second-order valence-corrected chi connectivity index (χ2v) is 6.11. The zero-order valence-corrected chi connectivity index (χ0v) is 15.0. The van der Waals surface area contributed by atoms with Crippen LogP contribution in [-0.2, 0) is 14.3 Å². The first-order valence-corrected chi connectivity index (χ1v) is 8.30. The third kappa shape index (κ3) is 11.6. The van der Waals surface area contributed by atoms with Crippen molar-refractivity contribution in [3.8, 4) is 0 Å². The fourth-order valence-electron chi connectivity index (χ4n) is 1.93. The molecule has 2 aliphatic heterocycles. The van der Waals surface area contributed by atoms with Gasteiger partial charge >= 0.3 is 0 Å². The molecule has 0 saturated carbocycles. The van der Waals surface area contributed by atoms with E-state index in [0.717, 1.165) is 19.8 Å². The van der Waals surface area contributed by atoms with Gasteiger partial charge in [0.2, 0.25) is 0 Å². The summed E-state index contributed by atoms with van der Waals surface area (Å²) in [6, 6.07) is 1.55. The minimum Gasteiger partial charge on any atom is -0.395 e. The maximum atomic E-state index is 9.77. The molecule has 23 heavy (non-hydrogen) atoms. The van der Waals surface area contributed by atoms with Crippen molar-refractivity contribution >= 4 is 5.78 Å². The van der Waals surface area contributed by atoms with E-state index in [4.69, 9.17) is 14.9 Å². The largest absolute Gasteiger partial charge is 0.395 e. The van der Waals surface area contributed by atoms with Gasteiger partial charge in [-0.05, 0) is 13.8 Å². The van der Waals surface area contributed by atoms with Crippen molar-refractivity contribution in [1.82, 2.24) is 10.2 Å². The standard InChI is InChI=1S/C8H17NO2.C5H13NO.C3H4O2/c1-7(2)9(3-4-10)8-5-11-6-8;1-5(2)6-3-4-7;4-3-1-5-2-3/h7-8,10H,3-6H2,1-2H3;5-7H,3-4H2,1-2H3;1-2H2. The fourth-order valence-corrected chi connectivity index (χ4v) is 1.93. The lowest BCUT2D eigenvalue weighted by Gasteiger charge is -2.39. The highest BCUT2D eigenvalue weighted by molar-refractivity contribution is 5.84. The van der Waals surface area contributed by atoms with Gasteiger partial charge in [0.25, 0.3) is 0 Å². The van der Waals surface area contributed by atoms with Crippen LogP contribution in [0.2, 0.25) is 0 Å². The number of Topliss-reactive ketones (excluding diaryl/α,β-unsaturated/α-hetero) is 1. The number of ether oxygens (including phenoxy) is 2. The van der Waals surface area contributed by atoms with Crippen LogP contribution in [0, 0.1) is 0 Å². The van der Waals surface area contributed by atoms with E-state index in [-0.39, 0.29) is 19.0 Å². The Labute approximate surface area is 140 Å². The summed E-state index contributed by atoms with van der Waals surface area (Å²) in [7, 11) is 0. The van der Waals surface area contributed by atoms with Gasteiger partial charge in [0, 0.05) is 25.2 Å². The molecule has 3 N–H and O–H groups in total. The topological polar surface area (TPSA) is 91.3 Å². The highest BCUT2D eigenvalue weighted by atomic mass is 16.5. The van der Waals surface area contributed by atoms with Crippen LogP contribution in [0.4, 0.5) is 0 Å². The Morgan fingerprint density at radius 1 is 1.13 bits per heavy atom. The van der Waals surface area contributed by atoms with Crippen LogP contribution < -0.4 is 5.32 Å². The lowest BCUT2D eigenvalue weighted by atomic mass is 10.1. The number of carbonyl (C=O) groups excluding carboxylic acids is 1. The van der Waals surface area contributed by atoms with E-state index in [0.29, 0.717) is 37.9 Å². The molecule has 138 valence electrons. The van der Waals surface area contributed by atoms with Crippen LogP contribution >= 0.6 is 0 Å². The summed E-state index contributed by atoms with van der Waals surface area (Å²) < 4.78 is 9.57. The summed E-state index contributed by atoms with van der Waals surface area (Å²) >= 11 is 0. The van der Waals surface area contributed by atoms with Crippen molar-refractivity contribution in [2.45, 2.75) is 45.8 Å². The summed E-state index contributed by atoms with van der Waals surface area (Å²) in [5.74, 6) is 0.213. The van der Waals surface area contributed by atoms with Crippen LogP contribution in [-0.4, -0.2) is 91.8 Å². The molecule has 2 fully saturated rings. The predicted molar refractivity (Wildman–Crippen MR) is 89.6 cm³/mol. The molecule has 2 aliphatic rings. The molecule has 0 atom stereocenters. The lowest BCUT2D eigenvalue weighted by Crippen LogP contribution is -2.52. The Balaban J connectivity index is 0.000000345. The van der Waals surface area contributed by atoms with Crippen LogP contribution in [0.3, 0.4) is 0 Å². The average Bonchev–Trinajstić information content (AvgIpc) is 2.41. The van der Waals surface area contributed by atoms with Crippen molar-refractivity contribution in [3.05, 3.63) is 0 Å². The number of aliphatic hydroxyl groups is 2. The van der Waals surface area contributed by atoms with E-state index < -0.39 is 0 Å². The van der Waals surface area contributed by atoms with Gasteiger partial charge in [0.05, 0.1) is 32.5 Å². The minimum absolute atomic E-state index is 0.213. The number of carbonyl (C=O) groups is 1. The first-order chi connectivity index (χ1) is 10.9. The molecular weight excluding hydrogens is 300 g/mol. The highest BCUT2D eigenvalue weighted by Gasteiger charge is 2.26. The molecule has 0 spiro atoms. The fraction of sp³-hybridized carbons (Fsp3) is 0.938. The van der Waals surface area contributed by atoms with Crippen molar-refractivity contribution in [3.63, 3.8) is 0 Å². The Morgan fingerprint density at radius 3 is 1.87 bits per heavy atom. The van der Waals surface area contributed by atoms with Gasteiger partial charge < -0.3 is 25.0 Å². The van der Waals surface area contributed by atoms with Crippen LogP contribution in [0.5, 0.6) is 0 Å². The van der Waals surface area contributed by atoms with Crippen molar-refractivity contribution in [2.24, 2.45) is 0 Å². The Kier molecular flexibility index (Phi) is 13.5. The third-order valence-electron chi connectivity index (χ3n) is 3.30. The number of hydrogen-bond donors (Lipinski definition) is 3. The van der Waals surface area contributed by atoms with E-state index in [1.165, 1.54) is 0 Å². The smallest absolute Gasteiger partial charge is 0.184 e. The number of nitrogens with one attached hydrogen (secondary N) is 1. The van der Waals surface area contributed by atoms with Crippen LogP contribution in [0.25, 0.3) is 0 Å². The zero-order valence-electron chi connectivity index (χ0n) is 15.0. The lowest BCUT2D eigenvalue weighted by molar-refractivity contribution is -0.140. The molecule has 0 bridgehead atoms. The molecule has 7 heteroatoms. The molecule has 0 unspecified atom stereocenters. The molecule has 0 aliphatic carbocycles. The second-order valence-electron chi connectivity index (χ2n) is 6.11. The minimum atomic E-state index is 0.213. The van der Waals surface area contributed by atoms with Crippen molar-refractivity contribution in [1.29, 1.82) is 0 Å². The molecule has 0 amide bonds. The van der Waals surface area contributed by atoms with E-state index in [2.05, 4.69) is 42.6 Å². The quantitative estimate of drug-likeness (QED) is 0.586. The number of ketones is 1. The van der Waals surface area contributed by atoms with Gasteiger partial charge in [-0.1, -0.05) is 13.8 Å². The zero-order chi connectivity index (χ0) is 17.7. The maximum absolute atomic E-state index is 9.77. The summed E-state index contributed by atoms with van der Waals surface area (Å²) in [6.07, 6.45) is 0. The summed E-state index contributed by atoms with van der Waals surface area (Å²) in [6.45, 7) is 12.7. The Hall–Kier alpha value is -0.570. The van der Waals surface area contributed by atoms with Crippen LogP contribution in [0.1, 0.15) is 27.7 Å². The average molecular weight is 334 g/mol. The second kappa shape index (κ2) is 13.8. The van der Waals surface area contributed by atoms with Gasteiger partial charge in [-0.2, -0.15) is 0 Å². The number of aliphatic hydroxyl groups excluding tert-OH is 2. The highest BCUT2D eigenvalue weighted by Crippen LogP contribution is 2.12. The van der Waals surface area contributed by atoms with E-state index in [9.17, 15) is 4.79 Å². The molecule has 0 aromatic rings. The van der Waals surface area contributed by atoms with Gasteiger partial charge in [0.1, 0.15) is 13.2 Å². The van der Waals surface area contributed by atoms with Crippen LogP contribution in [0.15, 0.2) is 0 Å². The summed E-state index contributed by atoms with van der Waals surface area (Å²) in [5, 5.41) is 20.1. The molecule has 2 rings (SSSR count). The molecule has 0 aromatic carbocycles. The maximum Gasteiger partial charge on any atom is 0.184 e. The molecule has 2 heterocycles. The molecule has 0 aromatic heterocycles.